The van der Waals surface area contributed by atoms with E-state index in [-0.39, 0.29) is 17.7 Å². The molecule has 0 saturated heterocycles. The first-order valence-electron chi connectivity index (χ1n) is 7.77. The van der Waals surface area contributed by atoms with Crippen LogP contribution in [0.5, 0.6) is 5.75 Å². The van der Waals surface area contributed by atoms with Gasteiger partial charge in [-0.05, 0) is 48.9 Å². The van der Waals surface area contributed by atoms with Gasteiger partial charge >= 0.3 is 0 Å². The molecule has 0 aromatic heterocycles. The molecule has 5 nitrogen and oxygen atoms in total. The standard InChI is InChI=1S/C19H22N2O3/c1-12(2)18(22)20-15-8-6-14(7-9-15)19(23)21-16-11-13(3)5-10-17(16)24-4/h5-12H,1-4H3,(H,20,22)(H,21,23). The second-order valence-electron chi connectivity index (χ2n) is 5.88. The fourth-order valence-electron chi connectivity index (χ4n) is 2.11. The summed E-state index contributed by atoms with van der Waals surface area (Å²) in [5, 5.41) is 5.64. The van der Waals surface area contributed by atoms with Gasteiger partial charge in [-0.1, -0.05) is 19.9 Å². The maximum absolute atomic E-state index is 12.4. The second-order valence-corrected chi connectivity index (χ2v) is 5.88. The van der Waals surface area contributed by atoms with Gasteiger partial charge in [-0.15, -0.1) is 0 Å². The average molecular weight is 326 g/mol. The van der Waals surface area contributed by atoms with E-state index in [0.717, 1.165) is 5.56 Å². The monoisotopic (exact) mass is 326 g/mol. The Hall–Kier alpha value is -2.82. The van der Waals surface area contributed by atoms with Crippen LogP contribution in [0, 0.1) is 12.8 Å². The van der Waals surface area contributed by atoms with Gasteiger partial charge in [-0.25, -0.2) is 0 Å². The molecule has 24 heavy (non-hydrogen) atoms. The molecule has 0 atom stereocenters. The van der Waals surface area contributed by atoms with Crippen molar-refractivity contribution in [3.63, 3.8) is 0 Å². The van der Waals surface area contributed by atoms with Gasteiger partial charge in [0.1, 0.15) is 5.75 Å². The highest BCUT2D eigenvalue weighted by Gasteiger charge is 2.11. The number of carbonyl (C=O) groups is 2. The highest BCUT2D eigenvalue weighted by atomic mass is 16.5. The van der Waals surface area contributed by atoms with E-state index in [0.29, 0.717) is 22.7 Å². The normalized spacial score (nSPS) is 10.4. The van der Waals surface area contributed by atoms with Crippen molar-refractivity contribution in [3.05, 3.63) is 53.6 Å². The van der Waals surface area contributed by atoms with Crippen LogP contribution in [0.3, 0.4) is 0 Å². The quantitative estimate of drug-likeness (QED) is 0.877. The third kappa shape index (κ3) is 4.35. The number of methoxy groups -OCH3 is 1. The van der Waals surface area contributed by atoms with Crippen LogP contribution in [0.15, 0.2) is 42.5 Å². The number of aryl methyl sites for hydroxylation is 1. The van der Waals surface area contributed by atoms with Crippen molar-refractivity contribution in [3.8, 4) is 5.75 Å². The van der Waals surface area contributed by atoms with Crippen molar-refractivity contribution in [2.24, 2.45) is 5.92 Å². The summed E-state index contributed by atoms with van der Waals surface area (Å²) in [5.41, 5.74) is 2.82. The molecule has 0 aliphatic heterocycles. The van der Waals surface area contributed by atoms with Crippen molar-refractivity contribution < 1.29 is 14.3 Å². The first kappa shape index (κ1) is 17.5. The predicted molar refractivity (Wildman–Crippen MR) is 95.6 cm³/mol. The number of rotatable bonds is 5. The molecule has 0 heterocycles. The second kappa shape index (κ2) is 7.64. The fraction of sp³-hybridized carbons (Fsp3) is 0.263. The highest BCUT2D eigenvalue weighted by molar-refractivity contribution is 6.05. The zero-order valence-corrected chi connectivity index (χ0v) is 14.3. The zero-order valence-electron chi connectivity index (χ0n) is 14.3. The SMILES string of the molecule is COc1ccc(C)cc1NC(=O)c1ccc(NC(=O)C(C)C)cc1. The van der Waals surface area contributed by atoms with E-state index in [4.69, 9.17) is 4.74 Å². The third-order valence-corrected chi connectivity index (χ3v) is 3.54. The number of benzene rings is 2. The number of amides is 2. The Kier molecular flexibility index (Phi) is 5.58. The Morgan fingerprint density at radius 1 is 1.00 bits per heavy atom. The molecule has 2 amide bonds. The number of carbonyl (C=O) groups excluding carboxylic acids is 2. The van der Waals surface area contributed by atoms with Gasteiger partial charge in [-0.2, -0.15) is 0 Å². The summed E-state index contributed by atoms with van der Waals surface area (Å²) < 4.78 is 5.26. The van der Waals surface area contributed by atoms with Crippen LogP contribution in [-0.2, 0) is 4.79 Å². The minimum absolute atomic E-state index is 0.0586. The van der Waals surface area contributed by atoms with Gasteiger partial charge in [0.25, 0.3) is 5.91 Å². The molecule has 126 valence electrons. The van der Waals surface area contributed by atoms with Crippen LogP contribution in [0.4, 0.5) is 11.4 Å². The number of anilines is 2. The molecule has 0 saturated carbocycles. The van der Waals surface area contributed by atoms with Gasteiger partial charge in [0, 0.05) is 17.2 Å². The van der Waals surface area contributed by atoms with E-state index >= 15 is 0 Å². The summed E-state index contributed by atoms with van der Waals surface area (Å²) in [5.74, 6) is 0.217. The van der Waals surface area contributed by atoms with Crippen molar-refractivity contribution >= 4 is 23.2 Å². The Morgan fingerprint density at radius 3 is 2.25 bits per heavy atom. The molecule has 0 bridgehead atoms. The lowest BCUT2D eigenvalue weighted by Crippen LogP contribution is -2.18. The van der Waals surface area contributed by atoms with Gasteiger partial charge in [0.2, 0.25) is 5.91 Å². The summed E-state index contributed by atoms with van der Waals surface area (Å²) in [4.78, 5) is 24.1. The minimum Gasteiger partial charge on any atom is -0.495 e. The summed E-state index contributed by atoms with van der Waals surface area (Å²) in [6.45, 7) is 5.60. The highest BCUT2D eigenvalue weighted by Crippen LogP contribution is 2.25. The summed E-state index contributed by atoms with van der Waals surface area (Å²) >= 11 is 0. The van der Waals surface area contributed by atoms with E-state index in [1.807, 2.05) is 39.0 Å². The number of nitrogens with one attached hydrogen (secondary N) is 2. The maximum atomic E-state index is 12.4. The van der Waals surface area contributed by atoms with E-state index in [9.17, 15) is 9.59 Å². The average Bonchev–Trinajstić information content (AvgIpc) is 2.55. The molecule has 2 N–H and O–H groups in total. The molecule has 0 radical (unpaired) electrons. The summed E-state index contributed by atoms with van der Waals surface area (Å²) in [6.07, 6.45) is 0. The largest absolute Gasteiger partial charge is 0.495 e. The lowest BCUT2D eigenvalue weighted by Gasteiger charge is -2.12. The lowest BCUT2D eigenvalue weighted by molar-refractivity contribution is -0.118. The van der Waals surface area contributed by atoms with Crippen LogP contribution < -0.4 is 15.4 Å². The molecule has 5 heteroatoms. The number of hydrogen-bond acceptors (Lipinski definition) is 3. The van der Waals surface area contributed by atoms with Gasteiger partial charge in [0.05, 0.1) is 12.8 Å². The summed E-state index contributed by atoms with van der Waals surface area (Å²) in [7, 11) is 1.56. The maximum Gasteiger partial charge on any atom is 0.255 e. The van der Waals surface area contributed by atoms with Gasteiger partial charge < -0.3 is 15.4 Å². The third-order valence-electron chi connectivity index (χ3n) is 3.54. The Labute approximate surface area is 142 Å². The first-order valence-corrected chi connectivity index (χ1v) is 7.77. The topological polar surface area (TPSA) is 67.4 Å². The molecular formula is C19H22N2O3. The number of ether oxygens (including phenoxy) is 1. The Bertz CT molecular complexity index is 737. The van der Waals surface area contributed by atoms with Crippen LogP contribution in [-0.4, -0.2) is 18.9 Å². The molecule has 2 rings (SSSR count). The van der Waals surface area contributed by atoms with Gasteiger partial charge in [-0.3, -0.25) is 9.59 Å². The van der Waals surface area contributed by atoms with Crippen molar-refractivity contribution in [1.29, 1.82) is 0 Å². The van der Waals surface area contributed by atoms with Gasteiger partial charge in [0.15, 0.2) is 0 Å². The van der Waals surface area contributed by atoms with Crippen LogP contribution in [0.25, 0.3) is 0 Å². The Balaban J connectivity index is 2.11. The smallest absolute Gasteiger partial charge is 0.255 e. The molecule has 0 spiro atoms. The minimum atomic E-state index is -0.236. The molecule has 0 aliphatic rings. The Morgan fingerprint density at radius 2 is 1.67 bits per heavy atom. The predicted octanol–water partition coefficient (Wildman–Crippen LogP) is 3.85. The first-order chi connectivity index (χ1) is 11.4. The molecule has 2 aromatic carbocycles. The van der Waals surface area contributed by atoms with Crippen LogP contribution in [0.1, 0.15) is 29.8 Å². The van der Waals surface area contributed by atoms with Crippen molar-refractivity contribution in [2.75, 3.05) is 17.7 Å². The fourth-order valence-corrected chi connectivity index (χ4v) is 2.11. The molecule has 0 unspecified atom stereocenters. The summed E-state index contributed by atoms with van der Waals surface area (Å²) in [6, 6.07) is 12.4. The zero-order chi connectivity index (χ0) is 17.7. The van der Waals surface area contributed by atoms with E-state index in [1.54, 1.807) is 31.4 Å². The van der Waals surface area contributed by atoms with E-state index in [1.165, 1.54) is 0 Å². The number of hydrogen-bond donors (Lipinski definition) is 2. The molecule has 2 aromatic rings. The van der Waals surface area contributed by atoms with Crippen LogP contribution in [0.2, 0.25) is 0 Å². The lowest BCUT2D eigenvalue weighted by atomic mass is 10.1. The van der Waals surface area contributed by atoms with Crippen molar-refractivity contribution in [1.82, 2.24) is 0 Å². The van der Waals surface area contributed by atoms with E-state index in [2.05, 4.69) is 10.6 Å². The molecule has 0 fully saturated rings. The molecule has 0 aliphatic carbocycles. The van der Waals surface area contributed by atoms with E-state index < -0.39 is 0 Å². The van der Waals surface area contributed by atoms with Crippen molar-refractivity contribution in [2.45, 2.75) is 20.8 Å². The molecular weight excluding hydrogens is 304 g/mol. The van der Waals surface area contributed by atoms with Crippen LogP contribution >= 0.6 is 0 Å².